The first kappa shape index (κ1) is 59.7. The van der Waals surface area contributed by atoms with E-state index in [1.54, 1.807) is 0 Å². The summed E-state index contributed by atoms with van der Waals surface area (Å²) in [4.78, 5) is 35.2. The number of aliphatic hydroxyl groups is 2. The topological polar surface area (TPSA) is 149 Å². The molecule has 0 heterocycles. The lowest BCUT2D eigenvalue weighted by molar-refractivity contribution is -0.161. The Labute approximate surface area is 375 Å². The van der Waals surface area contributed by atoms with Gasteiger partial charge in [-0.05, 0) is 38.5 Å². The van der Waals surface area contributed by atoms with Crippen LogP contribution in [0.25, 0.3) is 0 Å². The Bertz CT molecular complexity index is 1020. The van der Waals surface area contributed by atoms with Gasteiger partial charge in [0, 0.05) is 12.8 Å². The first-order valence-electron chi connectivity index (χ1n) is 25.6. The quantitative estimate of drug-likeness (QED) is 0.0233. The molecule has 11 heteroatoms. The molecule has 0 aromatic carbocycles. The van der Waals surface area contributed by atoms with Gasteiger partial charge >= 0.3 is 19.8 Å². The largest absolute Gasteiger partial charge is 0.472 e. The number of hydrogen-bond acceptors (Lipinski definition) is 9. The maximum Gasteiger partial charge on any atom is 0.472 e. The molecule has 0 spiro atoms. The highest BCUT2D eigenvalue weighted by atomic mass is 31.2. The van der Waals surface area contributed by atoms with E-state index in [1.165, 1.54) is 180 Å². The number of phosphoric acid groups is 1. The van der Waals surface area contributed by atoms with Crippen LogP contribution in [0, 0.1) is 0 Å². The van der Waals surface area contributed by atoms with Crippen molar-refractivity contribution in [3.8, 4) is 0 Å². The van der Waals surface area contributed by atoms with E-state index in [0.29, 0.717) is 12.8 Å². The fourth-order valence-corrected chi connectivity index (χ4v) is 8.25. The molecule has 0 aliphatic rings. The molecule has 0 bridgehead atoms. The third-order valence-corrected chi connectivity index (χ3v) is 12.4. The van der Waals surface area contributed by atoms with Crippen molar-refractivity contribution in [1.82, 2.24) is 0 Å². The zero-order valence-corrected chi connectivity index (χ0v) is 40.5. The van der Waals surface area contributed by atoms with Crippen LogP contribution in [-0.2, 0) is 32.7 Å². The molecular weight excluding hydrogens is 792 g/mol. The zero-order valence-electron chi connectivity index (χ0n) is 39.7. The van der Waals surface area contributed by atoms with E-state index in [9.17, 15) is 24.2 Å². The number of carbonyl (C=O) groups excluding carboxylic acids is 2. The molecule has 0 rings (SSSR count). The van der Waals surface area contributed by atoms with Gasteiger partial charge in [0.2, 0.25) is 0 Å². The molecule has 362 valence electrons. The number of esters is 2. The second kappa shape index (κ2) is 46.7. The number of aliphatic hydroxyl groups excluding tert-OH is 2. The number of phosphoric ester groups is 1. The van der Waals surface area contributed by atoms with Crippen LogP contribution in [0.1, 0.15) is 258 Å². The van der Waals surface area contributed by atoms with E-state index in [-0.39, 0.29) is 19.4 Å². The zero-order chi connectivity index (χ0) is 44.8. The number of rotatable bonds is 49. The van der Waals surface area contributed by atoms with Gasteiger partial charge in [-0.1, -0.05) is 219 Å². The number of ether oxygens (including phenoxy) is 2. The summed E-state index contributed by atoms with van der Waals surface area (Å²) in [6.07, 6.45) is 47.5. The van der Waals surface area contributed by atoms with Crippen molar-refractivity contribution in [1.29, 1.82) is 0 Å². The summed E-state index contributed by atoms with van der Waals surface area (Å²) in [5, 5.41) is 18.4. The molecule has 0 fully saturated rings. The third kappa shape index (κ3) is 46.5. The lowest BCUT2D eigenvalue weighted by Crippen LogP contribution is -2.29. The monoisotopic (exact) mass is 889 g/mol. The van der Waals surface area contributed by atoms with Crippen molar-refractivity contribution in [3.63, 3.8) is 0 Å². The summed E-state index contributed by atoms with van der Waals surface area (Å²) in [6, 6.07) is 0. The summed E-state index contributed by atoms with van der Waals surface area (Å²) in [5.74, 6) is -0.910. The highest BCUT2D eigenvalue weighted by molar-refractivity contribution is 7.47. The predicted octanol–water partition coefficient (Wildman–Crippen LogP) is 14.3. The van der Waals surface area contributed by atoms with Gasteiger partial charge in [-0.15, -0.1) is 0 Å². The van der Waals surface area contributed by atoms with Crippen molar-refractivity contribution < 1.29 is 47.8 Å². The minimum absolute atomic E-state index is 0.190. The van der Waals surface area contributed by atoms with Crippen LogP contribution in [0.4, 0.5) is 0 Å². The van der Waals surface area contributed by atoms with Crippen molar-refractivity contribution in [2.75, 3.05) is 26.4 Å². The van der Waals surface area contributed by atoms with E-state index >= 15 is 0 Å². The van der Waals surface area contributed by atoms with E-state index in [4.69, 9.17) is 23.6 Å². The maximum absolute atomic E-state index is 12.7. The first-order valence-corrected chi connectivity index (χ1v) is 27.1. The average Bonchev–Trinajstić information content (AvgIpc) is 3.25. The molecule has 10 nitrogen and oxygen atoms in total. The van der Waals surface area contributed by atoms with Crippen LogP contribution < -0.4 is 0 Å². The van der Waals surface area contributed by atoms with Gasteiger partial charge in [0.25, 0.3) is 0 Å². The fourth-order valence-electron chi connectivity index (χ4n) is 7.46. The Kier molecular flexibility index (Phi) is 45.7. The second-order valence-electron chi connectivity index (χ2n) is 17.6. The maximum atomic E-state index is 12.7. The molecule has 0 amide bonds. The Hall–Kier alpha value is -1.29. The van der Waals surface area contributed by atoms with Gasteiger partial charge < -0.3 is 24.6 Å². The Balaban J connectivity index is 4.15. The van der Waals surface area contributed by atoms with E-state index < -0.39 is 51.8 Å². The molecule has 0 aliphatic carbocycles. The summed E-state index contributed by atoms with van der Waals surface area (Å²) >= 11 is 0. The highest BCUT2D eigenvalue weighted by Gasteiger charge is 2.27. The third-order valence-electron chi connectivity index (χ3n) is 11.4. The summed E-state index contributed by atoms with van der Waals surface area (Å²) in [5.41, 5.74) is 0. The molecule has 0 radical (unpaired) electrons. The van der Waals surface area contributed by atoms with Crippen molar-refractivity contribution in [2.24, 2.45) is 0 Å². The SMILES string of the molecule is CCCCCCCC/C=C/CCCCCCCCCCCC(=O)OC[C@H](COP(=O)(O)OC[C@@H](O)CO)OC(=O)CCCCCCCCCCCCCCCCCCCCC. The van der Waals surface area contributed by atoms with Crippen molar-refractivity contribution in [2.45, 2.75) is 270 Å². The summed E-state index contributed by atoms with van der Waals surface area (Å²) in [7, 11) is -4.62. The summed E-state index contributed by atoms with van der Waals surface area (Å²) < 4.78 is 32.9. The normalized spacial score (nSPS) is 13.7. The van der Waals surface area contributed by atoms with Gasteiger partial charge in [-0.25, -0.2) is 4.57 Å². The van der Waals surface area contributed by atoms with Crippen LogP contribution in [0.3, 0.4) is 0 Å². The van der Waals surface area contributed by atoms with E-state index in [1.807, 2.05) is 0 Å². The van der Waals surface area contributed by atoms with Gasteiger partial charge in [-0.3, -0.25) is 18.6 Å². The molecule has 61 heavy (non-hydrogen) atoms. The lowest BCUT2D eigenvalue weighted by Gasteiger charge is -2.20. The molecular formula is C50H97O10P. The van der Waals surface area contributed by atoms with Gasteiger partial charge in [0.15, 0.2) is 6.10 Å². The minimum Gasteiger partial charge on any atom is -0.462 e. The smallest absolute Gasteiger partial charge is 0.462 e. The van der Waals surface area contributed by atoms with Crippen LogP contribution in [0.2, 0.25) is 0 Å². The molecule has 1 unspecified atom stereocenters. The number of hydrogen-bond donors (Lipinski definition) is 3. The predicted molar refractivity (Wildman–Crippen MR) is 252 cm³/mol. The molecule has 3 atom stereocenters. The van der Waals surface area contributed by atoms with Crippen LogP contribution in [-0.4, -0.2) is 65.7 Å². The molecule has 0 saturated carbocycles. The first-order chi connectivity index (χ1) is 29.7. The standard InChI is InChI=1S/C50H97O10P/c1-3-5-7-9-11-13-15-17-19-21-23-25-27-29-31-33-35-37-39-41-49(53)57-45-48(46-59-61(55,56)58-44-47(52)43-51)60-50(54)42-40-38-36-34-32-30-28-26-24-22-20-18-16-14-12-10-8-6-4-2/h17,19,47-48,51-52H,3-16,18,20-46H2,1-2H3,(H,55,56)/b19-17+/t47-,48+/m0/s1. The van der Waals surface area contributed by atoms with E-state index in [0.717, 1.165) is 38.5 Å². The molecule has 0 aromatic rings. The van der Waals surface area contributed by atoms with Crippen molar-refractivity contribution in [3.05, 3.63) is 12.2 Å². The van der Waals surface area contributed by atoms with Gasteiger partial charge in [0.05, 0.1) is 19.8 Å². The molecule has 0 saturated heterocycles. The van der Waals surface area contributed by atoms with Gasteiger partial charge in [0.1, 0.15) is 12.7 Å². The number of carbonyl (C=O) groups is 2. The molecule has 0 aromatic heterocycles. The highest BCUT2D eigenvalue weighted by Crippen LogP contribution is 2.43. The Morgan fingerprint density at radius 2 is 0.803 bits per heavy atom. The Morgan fingerprint density at radius 1 is 0.475 bits per heavy atom. The van der Waals surface area contributed by atoms with Crippen LogP contribution in [0.5, 0.6) is 0 Å². The average molecular weight is 889 g/mol. The Morgan fingerprint density at radius 3 is 1.18 bits per heavy atom. The molecule has 3 N–H and O–H groups in total. The lowest BCUT2D eigenvalue weighted by atomic mass is 10.0. The number of unbranched alkanes of at least 4 members (excludes halogenated alkanes) is 33. The van der Waals surface area contributed by atoms with Crippen LogP contribution >= 0.6 is 7.82 Å². The molecule has 0 aliphatic heterocycles. The second-order valence-corrected chi connectivity index (χ2v) is 19.0. The minimum atomic E-state index is -4.62. The fraction of sp³-hybridized carbons (Fsp3) is 0.920. The van der Waals surface area contributed by atoms with Crippen LogP contribution in [0.15, 0.2) is 12.2 Å². The van der Waals surface area contributed by atoms with E-state index in [2.05, 4.69) is 26.0 Å². The summed E-state index contributed by atoms with van der Waals surface area (Å²) in [6.45, 7) is 2.43. The van der Waals surface area contributed by atoms with Gasteiger partial charge in [-0.2, -0.15) is 0 Å². The van der Waals surface area contributed by atoms with Crippen molar-refractivity contribution >= 4 is 19.8 Å². The number of allylic oxidation sites excluding steroid dienone is 2.